The highest BCUT2D eigenvalue weighted by molar-refractivity contribution is 7.22. The topological polar surface area (TPSA) is 78.8 Å². The first-order valence-electron chi connectivity index (χ1n) is 15.1. The molecule has 0 amide bonds. The first-order chi connectivity index (χ1) is 21.5. The molecule has 1 atom stereocenters. The van der Waals surface area contributed by atoms with Crippen molar-refractivity contribution in [1.82, 2.24) is 14.9 Å². The van der Waals surface area contributed by atoms with E-state index in [1.54, 1.807) is 11.3 Å². The zero-order chi connectivity index (χ0) is 31.9. The quantitative estimate of drug-likeness (QED) is 0.192. The number of carbonyl (C=O) groups is 1. The number of carboxylic acids is 1. The van der Waals surface area contributed by atoms with Gasteiger partial charge in [-0.25, -0.2) is 14.8 Å². The van der Waals surface area contributed by atoms with Gasteiger partial charge in [0, 0.05) is 54.1 Å². The van der Waals surface area contributed by atoms with Gasteiger partial charge in [0.05, 0.1) is 15.8 Å². The van der Waals surface area contributed by atoms with E-state index in [0.29, 0.717) is 10.6 Å². The third-order valence-corrected chi connectivity index (χ3v) is 9.42. The van der Waals surface area contributed by atoms with Crippen molar-refractivity contribution in [2.75, 3.05) is 38.1 Å². The van der Waals surface area contributed by atoms with Crippen LogP contribution in [-0.4, -0.2) is 64.8 Å². The molecule has 7 nitrogen and oxygen atoms in total. The summed E-state index contributed by atoms with van der Waals surface area (Å²) in [5, 5.41) is 11.8. The number of nitrogens with zero attached hydrogens (tertiary/aromatic N) is 4. The Labute approximate surface area is 273 Å². The maximum Gasteiger partial charge on any atom is 0.337 e. The van der Waals surface area contributed by atoms with Crippen molar-refractivity contribution in [3.8, 4) is 32.8 Å². The Morgan fingerprint density at radius 3 is 2.33 bits per heavy atom. The monoisotopic (exact) mass is 640 g/mol. The van der Waals surface area contributed by atoms with Crippen LogP contribution in [0.2, 0.25) is 5.02 Å². The van der Waals surface area contributed by atoms with Crippen LogP contribution in [0.25, 0.3) is 43.0 Å². The van der Waals surface area contributed by atoms with E-state index in [2.05, 4.69) is 52.2 Å². The largest absolute Gasteiger partial charge is 0.479 e. The van der Waals surface area contributed by atoms with Crippen molar-refractivity contribution in [1.29, 1.82) is 0 Å². The molecule has 1 N–H and O–H groups in total. The summed E-state index contributed by atoms with van der Waals surface area (Å²) in [5.41, 5.74) is 6.44. The average molecular weight is 641 g/mol. The van der Waals surface area contributed by atoms with E-state index in [1.807, 2.05) is 70.3 Å². The number of ether oxygens (including phenoxy) is 1. The van der Waals surface area contributed by atoms with E-state index in [9.17, 15) is 9.90 Å². The summed E-state index contributed by atoms with van der Waals surface area (Å²) in [4.78, 5) is 27.1. The Morgan fingerprint density at radius 2 is 1.64 bits per heavy atom. The van der Waals surface area contributed by atoms with Crippen LogP contribution in [0.4, 0.5) is 5.82 Å². The fourth-order valence-electron chi connectivity index (χ4n) is 5.80. The number of hydrogen-bond acceptors (Lipinski definition) is 7. The molecule has 6 rings (SSSR count). The fourth-order valence-corrected chi connectivity index (χ4v) is 7.05. The number of aliphatic carboxylic acids is 1. The molecule has 0 aliphatic carbocycles. The predicted molar refractivity (Wildman–Crippen MR) is 184 cm³/mol. The number of fused-ring (bicyclic) bond motifs is 1. The Balaban J connectivity index is 1.45. The van der Waals surface area contributed by atoms with E-state index < -0.39 is 17.7 Å². The molecule has 0 saturated carbocycles. The molecule has 0 unspecified atom stereocenters. The van der Waals surface area contributed by atoms with Gasteiger partial charge in [-0.05, 0) is 93.4 Å². The third-order valence-electron chi connectivity index (χ3n) is 8.03. The van der Waals surface area contributed by atoms with Crippen molar-refractivity contribution in [2.24, 2.45) is 0 Å². The Kier molecular flexibility index (Phi) is 8.68. The summed E-state index contributed by atoms with van der Waals surface area (Å²) in [6, 6.07) is 22.1. The van der Waals surface area contributed by atoms with Gasteiger partial charge in [-0.2, -0.15) is 0 Å². The van der Waals surface area contributed by atoms with Crippen molar-refractivity contribution in [3.05, 3.63) is 89.1 Å². The second-order valence-electron chi connectivity index (χ2n) is 12.6. The molecule has 0 bridgehead atoms. The van der Waals surface area contributed by atoms with E-state index in [-0.39, 0.29) is 0 Å². The Hall–Kier alpha value is -3.82. The number of aryl methyl sites for hydroxylation is 1. The number of piperazine rings is 1. The van der Waals surface area contributed by atoms with E-state index in [0.717, 1.165) is 80.6 Å². The summed E-state index contributed by atoms with van der Waals surface area (Å²) in [7, 11) is 2.15. The molecule has 1 aliphatic heterocycles. The minimum absolute atomic E-state index is 0.610. The van der Waals surface area contributed by atoms with Crippen molar-refractivity contribution in [3.63, 3.8) is 0 Å². The highest BCUT2D eigenvalue weighted by Crippen LogP contribution is 2.44. The molecule has 5 aromatic rings. The van der Waals surface area contributed by atoms with Gasteiger partial charge in [-0.1, -0.05) is 41.9 Å². The molecule has 1 aliphatic rings. The number of aromatic nitrogens is 2. The highest BCUT2D eigenvalue weighted by atomic mass is 35.5. The van der Waals surface area contributed by atoms with Crippen molar-refractivity contribution < 1.29 is 14.6 Å². The zero-order valence-electron chi connectivity index (χ0n) is 26.2. The number of likely N-dealkylation sites (N-methyl/N-ethyl adjacent to an activating group) is 1. The number of anilines is 1. The van der Waals surface area contributed by atoms with Crippen LogP contribution >= 0.6 is 22.9 Å². The smallest absolute Gasteiger partial charge is 0.337 e. The Morgan fingerprint density at radius 1 is 0.956 bits per heavy atom. The number of pyridine rings is 1. The molecule has 9 heteroatoms. The van der Waals surface area contributed by atoms with Crippen LogP contribution in [0.1, 0.15) is 38.0 Å². The van der Waals surface area contributed by atoms with Gasteiger partial charge in [0.25, 0.3) is 0 Å². The zero-order valence-corrected chi connectivity index (χ0v) is 27.7. The number of hydrogen-bond donors (Lipinski definition) is 1. The second-order valence-corrected chi connectivity index (χ2v) is 14.0. The number of halogens is 1. The molecule has 2 aromatic heterocycles. The maximum absolute atomic E-state index is 12.7. The number of carboxylic acid groups (broad SMARTS) is 1. The van der Waals surface area contributed by atoms with Crippen molar-refractivity contribution in [2.45, 2.75) is 39.4 Å². The first-order valence-corrected chi connectivity index (χ1v) is 16.3. The normalized spacial score (nSPS) is 15.0. The Bertz CT molecular complexity index is 1860. The summed E-state index contributed by atoms with van der Waals surface area (Å²) in [5.74, 6) is -0.0413. The van der Waals surface area contributed by atoms with Crippen LogP contribution in [-0.2, 0) is 9.53 Å². The summed E-state index contributed by atoms with van der Waals surface area (Å²) in [6.07, 6.45) is 0.726. The minimum atomic E-state index is -1.16. The average Bonchev–Trinajstić information content (AvgIpc) is 3.43. The van der Waals surface area contributed by atoms with E-state index in [1.165, 1.54) is 0 Å². The summed E-state index contributed by atoms with van der Waals surface area (Å²) < 4.78 is 7.07. The number of rotatable bonds is 7. The van der Waals surface area contributed by atoms with Gasteiger partial charge in [0.1, 0.15) is 10.8 Å². The van der Waals surface area contributed by atoms with Crippen LogP contribution < -0.4 is 4.90 Å². The second kappa shape index (κ2) is 12.5. The SMILES string of the molecule is Cc1cc2nc(-c3cccc(-c4ccnc(N5CCN(C)CC5)c4)c3)sc2c(-c2ccc(Cl)cc2)c1[C@H](OC(C)(C)C)C(=O)O. The lowest BCUT2D eigenvalue weighted by Gasteiger charge is -2.33. The number of thiazole rings is 1. The molecule has 1 saturated heterocycles. The molecule has 0 radical (unpaired) electrons. The molecule has 3 aromatic carbocycles. The summed E-state index contributed by atoms with van der Waals surface area (Å²) in [6.45, 7) is 11.5. The van der Waals surface area contributed by atoms with Gasteiger partial charge in [-0.15, -0.1) is 11.3 Å². The minimum Gasteiger partial charge on any atom is -0.479 e. The lowest BCUT2D eigenvalue weighted by molar-refractivity contribution is -0.160. The van der Waals surface area contributed by atoms with Crippen molar-refractivity contribution >= 4 is 44.9 Å². The molecule has 3 heterocycles. The lowest BCUT2D eigenvalue weighted by Crippen LogP contribution is -2.44. The maximum atomic E-state index is 12.7. The fraction of sp³-hybridized carbons (Fsp3) is 0.306. The van der Waals surface area contributed by atoms with Crippen LogP contribution in [0.3, 0.4) is 0 Å². The van der Waals surface area contributed by atoms with Gasteiger partial charge < -0.3 is 19.6 Å². The predicted octanol–water partition coefficient (Wildman–Crippen LogP) is 8.35. The van der Waals surface area contributed by atoms with Gasteiger partial charge in [0.15, 0.2) is 6.10 Å². The first kappa shape index (κ1) is 31.2. The summed E-state index contributed by atoms with van der Waals surface area (Å²) >= 11 is 7.82. The lowest BCUT2D eigenvalue weighted by atomic mass is 9.91. The van der Waals surface area contributed by atoms with E-state index in [4.69, 9.17) is 21.3 Å². The van der Waals surface area contributed by atoms with Crippen LogP contribution in [0.5, 0.6) is 0 Å². The van der Waals surface area contributed by atoms with Crippen LogP contribution in [0, 0.1) is 6.92 Å². The standard InChI is InChI=1S/C36H37ClN4O3S/c1-22-19-28-33(31(23-9-11-27(37)12-10-23)30(22)32(35(42)43)44-36(2,3)4)45-34(39-28)26-8-6-7-24(20-26)25-13-14-38-29(21-25)41-17-15-40(5)16-18-41/h6-14,19-21,32H,15-18H2,1-5H3,(H,42,43)/t32-/m0/s1. The molecule has 232 valence electrons. The molecular weight excluding hydrogens is 604 g/mol. The van der Waals surface area contributed by atoms with E-state index >= 15 is 0 Å². The molecule has 1 fully saturated rings. The molecule has 45 heavy (non-hydrogen) atoms. The molecule has 0 spiro atoms. The molecular formula is C36H37ClN4O3S. The number of benzene rings is 3. The third kappa shape index (κ3) is 6.75. The van der Waals surface area contributed by atoms with Gasteiger partial charge >= 0.3 is 5.97 Å². The highest BCUT2D eigenvalue weighted by Gasteiger charge is 2.32. The van der Waals surface area contributed by atoms with Gasteiger partial charge in [0.2, 0.25) is 0 Å². The van der Waals surface area contributed by atoms with Gasteiger partial charge in [-0.3, -0.25) is 0 Å². The van der Waals surface area contributed by atoms with Crippen LogP contribution in [0.15, 0.2) is 72.9 Å².